The van der Waals surface area contributed by atoms with Gasteiger partial charge in [-0.3, -0.25) is 9.59 Å². The third-order valence-corrected chi connectivity index (χ3v) is 5.55. The van der Waals surface area contributed by atoms with Crippen molar-refractivity contribution in [2.24, 2.45) is 0 Å². The first kappa shape index (κ1) is 21.4. The van der Waals surface area contributed by atoms with Gasteiger partial charge in [-0.05, 0) is 67.6 Å². The average Bonchev–Trinajstić information content (AvgIpc) is 2.84. The Hall–Kier alpha value is -3.80. The number of carbonyl (C=O) groups excluding carboxylic acids is 2. The number of Topliss-reactive ketones (excluding diaryl/α,β-unsaturated/α-hetero) is 1. The van der Waals surface area contributed by atoms with Crippen molar-refractivity contribution in [1.29, 1.82) is 0 Å². The molecule has 0 radical (unpaired) electrons. The number of anilines is 3. The van der Waals surface area contributed by atoms with E-state index in [2.05, 4.69) is 10.2 Å². The van der Waals surface area contributed by atoms with Gasteiger partial charge in [0.25, 0.3) is 5.91 Å². The Morgan fingerprint density at radius 2 is 1.44 bits per heavy atom. The first-order valence-electron chi connectivity index (χ1n) is 10.8. The van der Waals surface area contributed by atoms with Crippen LogP contribution in [0.5, 0.6) is 5.75 Å². The van der Waals surface area contributed by atoms with E-state index in [0.29, 0.717) is 24.4 Å². The molecular weight excluding hydrogens is 402 g/mol. The summed E-state index contributed by atoms with van der Waals surface area (Å²) in [7, 11) is 0. The summed E-state index contributed by atoms with van der Waals surface area (Å²) in [6.07, 6.45) is 0. The number of para-hydroxylation sites is 1. The van der Waals surface area contributed by atoms with Crippen molar-refractivity contribution in [2.45, 2.75) is 6.92 Å². The van der Waals surface area contributed by atoms with Crippen LogP contribution in [0.2, 0.25) is 0 Å². The van der Waals surface area contributed by atoms with E-state index < -0.39 is 0 Å². The van der Waals surface area contributed by atoms with E-state index in [1.54, 1.807) is 6.92 Å². The van der Waals surface area contributed by atoms with Crippen molar-refractivity contribution in [3.05, 3.63) is 84.4 Å². The van der Waals surface area contributed by atoms with Gasteiger partial charge < -0.3 is 19.9 Å². The first-order valence-corrected chi connectivity index (χ1v) is 10.8. The Labute approximate surface area is 188 Å². The average molecular weight is 430 g/mol. The Morgan fingerprint density at radius 1 is 0.812 bits per heavy atom. The van der Waals surface area contributed by atoms with Crippen LogP contribution in [-0.2, 0) is 4.79 Å². The molecule has 0 aromatic heterocycles. The molecule has 6 nitrogen and oxygen atoms in total. The van der Waals surface area contributed by atoms with Crippen molar-refractivity contribution in [3.63, 3.8) is 0 Å². The van der Waals surface area contributed by atoms with Crippen molar-refractivity contribution < 1.29 is 14.3 Å². The van der Waals surface area contributed by atoms with Crippen molar-refractivity contribution in [3.8, 4) is 5.75 Å². The van der Waals surface area contributed by atoms with Crippen LogP contribution >= 0.6 is 0 Å². The van der Waals surface area contributed by atoms with Gasteiger partial charge in [0, 0.05) is 48.8 Å². The topological polar surface area (TPSA) is 61.9 Å². The van der Waals surface area contributed by atoms with E-state index in [0.717, 1.165) is 30.2 Å². The van der Waals surface area contributed by atoms with Gasteiger partial charge in [0.1, 0.15) is 5.75 Å². The number of ether oxygens (including phenoxy) is 1. The van der Waals surface area contributed by atoms with Crippen LogP contribution < -0.4 is 15.0 Å². The minimum Gasteiger partial charge on any atom is -0.484 e. The van der Waals surface area contributed by atoms with Crippen LogP contribution in [0.15, 0.2) is 78.9 Å². The molecule has 32 heavy (non-hydrogen) atoms. The van der Waals surface area contributed by atoms with E-state index >= 15 is 0 Å². The van der Waals surface area contributed by atoms with Crippen molar-refractivity contribution in [2.75, 3.05) is 43.0 Å². The van der Waals surface area contributed by atoms with Gasteiger partial charge in [-0.25, -0.2) is 0 Å². The first-order chi connectivity index (χ1) is 15.6. The minimum absolute atomic E-state index is 0.0111. The molecule has 4 rings (SSSR count). The summed E-state index contributed by atoms with van der Waals surface area (Å²) in [5.41, 5.74) is 3.76. The fraction of sp³-hybridized carbons (Fsp3) is 0.231. The lowest BCUT2D eigenvalue weighted by Gasteiger charge is -2.36. The number of benzene rings is 3. The zero-order valence-corrected chi connectivity index (χ0v) is 18.2. The number of hydrogen-bond acceptors (Lipinski definition) is 5. The molecule has 1 N–H and O–H groups in total. The van der Waals surface area contributed by atoms with Crippen LogP contribution in [-0.4, -0.2) is 49.4 Å². The Bertz CT molecular complexity index is 1040. The summed E-state index contributed by atoms with van der Waals surface area (Å²) >= 11 is 0. The lowest BCUT2D eigenvalue weighted by atomic mass is 10.1. The van der Waals surface area contributed by atoms with Crippen LogP contribution in [0.3, 0.4) is 0 Å². The van der Waals surface area contributed by atoms with Gasteiger partial charge in [-0.2, -0.15) is 0 Å². The molecule has 3 aromatic carbocycles. The SMILES string of the molecule is CC(=O)c1ccc(N2CCN(C(=O)COc3ccc(Nc4ccccc4)cc3)CC2)cc1. The number of ketones is 1. The highest BCUT2D eigenvalue weighted by Gasteiger charge is 2.21. The largest absolute Gasteiger partial charge is 0.484 e. The van der Waals surface area contributed by atoms with Gasteiger partial charge >= 0.3 is 0 Å². The molecule has 1 aliphatic rings. The maximum absolute atomic E-state index is 12.6. The maximum Gasteiger partial charge on any atom is 0.260 e. The fourth-order valence-electron chi connectivity index (χ4n) is 3.68. The maximum atomic E-state index is 12.6. The second kappa shape index (κ2) is 10.0. The van der Waals surface area contributed by atoms with Gasteiger partial charge in [0.15, 0.2) is 12.4 Å². The Morgan fingerprint density at radius 3 is 2.06 bits per heavy atom. The molecular formula is C26H27N3O3. The highest BCUT2D eigenvalue weighted by atomic mass is 16.5. The molecule has 1 amide bonds. The number of nitrogens with zero attached hydrogens (tertiary/aromatic N) is 2. The molecule has 1 saturated heterocycles. The predicted octanol–water partition coefficient (Wildman–Crippen LogP) is 4.36. The zero-order valence-electron chi connectivity index (χ0n) is 18.2. The number of nitrogens with one attached hydrogen (secondary N) is 1. The third-order valence-electron chi connectivity index (χ3n) is 5.55. The lowest BCUT2D eigenvalue weighted by Crippen LogP contribution is -2.50. The minimum atomic E-state index is -0.0111. The van der Waals surface area contributed by atoms with Gasteiger partial charge in [-0.15, -0.1) is 0 Å². The van der Waals surface area contributed by atoms with Crippen LogP contribution in [0, 0.1) is 0 Å². The standard InChI is InChI=1S/C26H27N3O3/c1-20(30)21-7-11-24(12-8-21)28-15-17-29(18-16-28)26(31)19-32-25-13-9-23(10-14-25)27-22-5-3-2-4-6-22/h2-14,27H,15-19H2,1H3. The van der Waals surface area contributed by atoms with E-state index in [-0.39, 0.29) is 18.3 Å². The van der Waals surface area contributed by atoms with E-state index in [9.17, 15) is 9.59 Å². The molecule has 1 heterocycles. The summed E-state index contributed by atoms with van der Waals surface area (Å²) in [5, 5.41) is 3.32. The number of hydrogen-bond donors (Lipinski definition) is 1. The molecule has 0 saturated carbocycles. The quantitative estimate of drug-likeness (QED) is 0.566. The normalized spacial score (nSPS) is 13.5. The number of amides is 1. The van der Waals surface area contributed by atoms with E-state index in [4.69, 9.17) is 4.74 Å². The molecule has 0 bridgehead atoms. The predicted molar refractivity (Wildman–Crippen MR) is 127 cm³/mol. The Balaban J connectivity index is 1.23. The van der Waals surface area contributed by atoms with Crippen LogP contribution in [0.25, 0.3) is 0 Å². The second-order valence-electron chi connectivity index (χ2n) is 7.77. The second-order valence-corrected chi connectivity index (χ2v) is 7.77. The van der Waals surface area contributed by atoms with Gasteiger partial charge in [0.2, 0.25) is 0 Å². The summed E-state index contributed by atoms with van der Waals surface area (Å²) in [6.45, 7) is 4.40. The molecule has 0 spiro atoms. The molecule has 6 heteroatoms. The molecule has 1 fully saturated rings. The van der Waals surface area contributed by atoms with Crippen molar-refractivity contribution in [1.82, 2.24) is 4.90 Å². The molecule has 0 aliphatic carbocycles. The van der Waals surface area contributed by atoms with E-state index in [1.165, 1.54) is 0 Å². The number of carbonyl (C=O) groups is 2. The molecule has 1 aliphatic heterocycles. The number of rotatable bonds is 7. The van der Waals surface area contributed by atoms with Gasteiger partial charge in [0.05, 0.1) is 0 Å². The fourth-order valence-corrected chi connectivity index (χ4v) is 3.68. The highest BCUT2D eigenvalue weighted by molar-refractivity contribution is 5.94. The summed E-state index contributed by atoms with van der Waals surface area (Å²) < 4.78 is 5.71. The molecule has 0 atom stereocenters. The summed E-state index contributed by atoms with van der Waals surface area (Å²) in [6, 6.07) is 25.2. The van der Waals surface area contributed by atoms with Crippen LogP contribution in [0.4, 0.5) is 17.1 Å². The Kier molecular flexibility index (Phi) is 6.70. The lowest BCUT2D eigenvalue weighted by molar-refractivity contribution is -0.133. The molecule has 164 valence electrons. The molecule has 0 unspecified atom stereocenters. The summed E-state index contributed by atoms with van der Waals surface area (Å²) in [5.74, 6) is 0.721. The third kappa shape index (κ3) is 5.46. The van der Waals surface area contributed by atoms with E-state index in [1.807, 2.05) is 83.8 Å². The highest BCUT2D eigenvalue weighted by Crippen LogP contribution is 2.21. The van der Waals surface area contributed by atoms with Gasteiger partial charge in [-0.1, -0.05) is 18.2 Å². The smallest absolute Gasteiger partial charge is 0.260 e. The van der Waals surface area contributed by atoms with Crippen molar-refractivity contribution >= 4 is 28.8 Å². The monoisotopic (exact) mass is 429 g/mol. The number of piperazine rings is 1. The van der Waals surface area contributed by atoms with Crippen LogP contribution in [0.1, 0.15) is 17.3 Å². The zero-order chi connectivity index (χ0) is 22.3. The summed E-state index contributed by atoms with van der Waals surface area (Å²) in [4.78, 5) is 28.1. The molecule has 3 aromatic rings.